The van der Waals surface area contributed by atoms with Crippen LogP contribution in [0.5, 0.6) is 11.6 Å². The molecular weight excluding hydrogens is 373 g/mol. The number of morpholine rings is 1. The lowest BCUT2D eigenvalue weighted by molar-refractivity contribution is -0.133. The summed E-state index contributed by atoms with van der Waals surface area (Å²) in [5, 5.41) is 2.99. The highest BCUT2D eigenvalue weighted by Crippen LogP contribution is 2.28. The third kappa shape index (κ3) is 5.31. The van der Waals surface area contributed by atoms with Crippen LogP contribution in [0.4, 0.5) is 4.39 Å². The van der Waals surface area contributed by atoms with Gasteiger partial charge in [-0.2, -0.15) is 0 Å². The number of halogens is 1. The van der Waals surface area contributed by atoms with E-state index in [0.717, 1.165) is 24.6 Å². The Balaban J connectivity index is 1.29. The summed E-state index contributed by atoms with van der Waals surface area (Å²) < 4.78 is 24.3. The molecule has 1 unspecified atom stereocenters. The zero-order valence-electron chi connectivity index (χ0n) is 16.4. The maximum Gasteiger partial charge on any atom is 0.240 e. The molecule has 1 atom stereocenters. The molecule has 7 heteroatoms. The predicted molar refractivity (Wildman–Crippen MR) is 106 cm³/mol. The van der Waals surface area contributed by atoms with E-state index in [0.29, 0.717) is 31.4 Å². The molecule has 1 aliphatic carbocycles. The number of amides is 1. The topological polar surface area (TPSA) is 63.7 Å². The lowest BCUT2D eigenvalue weighted by Crippen LogP contribution is -2.55. The van der Waals surface area contributed by atoms with Crippen molar-refractivity contribution < 1.29 is 18.7 Å². The van der Waals surface area contributed by atoms with Crippen LogP contribution in [0, 0.1) is 11.7 Å². The first-order valence-electron chi connectivity index (χ1n) is 10.2. The normalized spacial score (nSPS) is 20.1. The number of ether oxygens (including phenoxy) is 2. The van der Waals surface area contributed by atoms with Gasteiger partial charge in [0, 0.05) is 38.0 Å². The fourth-order valence-electron chi connectivity index (χ4n) is 3.64. The van der Waals surface area contributed by atoms with E-state index >= 15 is 0 Å². The lowest BCUT2D eigenvalue weighted by atomic mass is 9.84. The van der Waals surface area contributed by atoms with Gasteiger partial charge in [-0.15, -0.1) is 0 Å². The number of aromatic nitrogens is 1. The Bertz CT molecular complexity index is 826. The lowest BCUT2D eigenvalue weighted by Gasteiger charge is -2.39. The van der Waals surface area contributed by atoms with Crippen molar-refractivity contribution in [3.8, 4) is 11.6 Å². The van der Waals surface area contributed by atoms with Gasteiger partial charge in [-0.3, -0.25) is 9.69 Å². The number of pyridine rings is 1. The number of hydrogen-bond donors (Lipinski definition) is 1. The predicted octanol–water partition coefficient (Wildman–Crippen LogP) is 3.13. The third-order valence-electron chi connectivity index (χ3n) is 5.54. The van der Waals surface area contributed by atoms with Gasteiger partial charge in [0.05, 0.1) is 13.2 Å². The highest BCUT2D eigenvalue weighted by molar-refractivity contribution is 5.82. The molecule has 29 heavy (non-hydrogen) atoms. The van der Waals surface area contributed by atoms with Crippen molar-refractivity contribution in [1.29, 1.82) is 0 Å². The molecule has 1 aromatic heterocycles. The number of nitrogens with zero attached hydrogens (tertiary/aromatic N) is 2. The van der Waals surface area contributed by atoms with E-state index in [2.05, 4.69) is 15.2 Å². The van der Waals surface area contributed by atoms with Crippen LogP contribution in [0.3, 0.4) is 0 Å². The second-order valence-electron chi connectivity index (χ2n) is 7.66. The number of benzene rings is 1. The molecule has 4 rings (SSSR count). The monoisotopic (exact) mass is 399 g/mol. The largest absolute Gasteiger partial charge is 0.439 e. The SMILES string of the molecule is O=C(NCc1ccc(Oc2cccc(F)c2)nc1)C1COCCN1CC1CCC1. The van der Waals surface area contributed by atoms with Gasteiger partial charge in [-0.25, -0.2) is 9.37 Å². The fourth-order valence-corrected chi connectivity index (χ4v) is 3.64. The molecule has 2 aliphatic rings. The van der Waals surface area contributed by atoms with E-state index in [-0.39, 0.29) is 17.8 Å². The van der Waals surface area contributed by atoms with Crippen molar-refractivity contribution in [2.45, 2.75) is 31.8 Å². The quantitative estimate of drug-likeness (QED) is 0.775. The van der Waals surface area contributed by atoms with Gasteiger partial charge in [-0.05, 0) is 36.5 Å². The average Bonchev–Trinajstić information content (AvgIpc) is 2.70. The second-order valence-corrected chi connectivity index (χ2v) is 7.66. The van der Waals surface area contributed by atoms with Crippen molar-refractivity contribution in [2.24, 2.45) is 5.92 Å². The Hall–Kier alpha value is -2.51. The van der Waals surface area contributed by atoms with Crippen LogP contribution in [0.2, 0.25) is 0 Å². The number of carbonyl (C=O) groups is 1. The highest BCUT2D eigenvalue weighted by atomic mass is 19.1. The van der Waals surface area contributed by atoms with Crippen LogP contribution in [-0.2, 0) is 16.1 Å². The molecule has 2 aromatic rings. The minimum absolute atomic E-state index is 0.0101. The summed E-state index contributed by atoms with van der Waals surface area (Å²) in [6.45, 7) is 3.31. The van der Waals surface area contributed by atoms with Gasteiger partial charge in [0.15, 0.2) is 0 Å². The molecule has 0 bridgehead atoms. The molecule has 154 valence electrons. The van der Waals surface area contributed by atoms with Gasteiger partial charge < -0.3 is 14.8 Å². The Kier molecular flexibility index (Phi) is 6.36. The third-order valence-corrected chi connectivity index (χ3v) is 5.54. The van der Waals surface area contributed by atoms with Crippen molar-refractivity contribution >= 4 is 5.91 Å². The summed E-state index contributed by atoms with van der Waals surface area (Å²) in [4.78, 5) is 19.2. The summed E-state index contributed by atoms with van der Waals surface area (Å²) in [5.41, 5.74) is 0.868. The van der Waals surface area contributed by atoms with Crippen LogP contribution in [0.1, 0.15) is 24.8 Å². The molecule has 1 N–H and O–H groups in total. The molecule has 1 aliphatic heterocycles. The molecule has 1 aromatic carbocycles. The minimum atomic E-state index is -0.361. The summed E-state index contributed by atoms with van der Waals surface area (Å²) >= 11 is 0. The van der Waals surface area contributed by atoms with Gasteiger partial charge in [-0.1, -0.05) is 18.6 Å². The molecule has 2 fully saturated rings. The molecule has 1 amide bonds. The van der Waals surface area contributed by atoms with Crippen molar-refractivity contribution in [1.82, 2.24) is 15.2 Å². The summed E-state index contributed by atoms with van der Waals surface area (Å²) in [6.07, 6.45) is 5.49. The minimum Gasteiger partial charge on any atom is -0.439 e. The molecule has 1 saturated carbocycles. The molecular formula is C22H26FN3O3. The zero-order valence-corrected chi connectivity index (χ0v) is 16.4. The Morgan fingerprint density at radius 3 is 2.93 bits per heavy atom. The highest BCUT2D eigenvalue weighted by Gasteiger charge is 2.32. The molecule has 6 nitrogen and oxygen atoms in total. The zero-order chi connectivity index (χ0) is 20.1. The summed E-state index contributed by atoms with van der Waals surface area (Å²) in [7, 11) is 0. The molecule has 1 saturated heterocycles. The maximum absolute atomic E-state index is 13.2. The van der Waals surface area contributed by atoms with Crippen molar-refractivity contribution in [2.75, 3.05) is 26.3 Å². The molecule has 0 radical (unpaired) electrons. The summed E-state index contributed by atoms with van der Waals surface area (Å²) in [6, 6.07) is 9.23. The first kappa shape index (κ1) is 19.8. The number of hydrogen-bond acceptors (Lipinski definition) is 5. The first-order valence-corrected chi connectivity index (χ1v) is 10.2. The van der Waals surface area contributed by atoms with Crippen molar-refractivity contribution in [3.63, 3.8) is 0 Å². The Morgan fingerprint density at radius 1 is 1.31 bits per heavy atom. The van der Waals surface area contributed by atoms with E-state index in [4.69, 9.17) is 9.47 Å². The van der Waals surface area contributed by atoms with Crippen LogP contribution in [0.15, 0.2) is 42.6 Å². The van der Waals surface area contributed by atoms with E-state index < -0.39 is 0 Å². The van der Waals surface area contributed by atoms with E-state index in [1.54, 1.807) is 24.4 Å². The second kappa shape index (κ2) is 9.33. The van der Waals surface area contributed by atoms with Crippen molar-refractivity contribution in [3.05, 3.63) is 54.0 Å². The van der Waals surface area contributed by atoms with Gasteiger partial charge in [0.1, 0.15) is 17.6 Å². The van der Waals surface area contributed by atoms with E-state index in [1.165, 1.54) is 31.4 Å². The average molecular weight is 399 g/mol. The van der Waals surface area contributed by atoms with Crippen LogP contribution in [0.25, 0.3) is 0 Å². The van der Waals surface area contributed by atoms with Gasteiger partial charge in [0.25, 0.3) is 0 Å². The fraction of sp³-hybridized carbons (Fsp3) is 0.455. The van der Waals surface area contributed by atoms with Gasteiger partial charge in [0.2, 0.25) is 11.8 Å². The van der Waals surface area contributed by atoms with Crippen LogP contribution >= 0.6 is 0 Å². The number of rotatable bonds is 7. The number of nitrogens with one attached hydrogen (secondary N) is 1. The standard InChI is InChI=1S/C22H26FN3O3/c23-18-5-2-6-19(11-18)29-21-8-7-17(12-24-21)13-25-22(27)20-15-28-10-9-26(20)14-16-3-1-4-16/h2,5-8,11-12,16,20H,1,3-4,9-10,13-15H2,(H,25,27). The molecule has 2 heterocycles. The van der Waals surface area contributed by atoms with E-state index in [1.807, 2.05) is 6.07 Å². The van der Waals surface area contributed by atoms with Crippen LogP contribution < -0.4 is 10.1 Å². The first-order chi connectivity index (χ1) is 14.2. The smallest absolute Gasteiger partial charge is 0.240 e. The van der Waals surface area contributed by atoms with Gasteiger partial charge >= 0.3 is 0 Å². The molecule has 0 spiro atoms. The Labute approximate surface area is 170 Å². The summed E-state index contributed by atoms with van der Waals surface area (Å²) in [5.74, 6) is 1.11. The van der Waals surface area contributed by atoms with Crippen LogP contribution in [-0.4, -0.2) is 48.1 Å². The Morgan fingerprint density at radius 2 is 2.21 bits per heavy atom. The van der Waals surface area contributed by atoms with E-state index in [9.17, 15) is 9.18 Å². The number of carbonyl (C=O) groups excluding carboxylic acids is 1. The maximum atomic E-state index is 13.2.